The molecule has 0 saturated carbocycles. The average molecular weight is 397 g/mol. The third kappa shape index (κ3) is 3.25. The molecule has 1 fully saturated rings. The number of hydrogen-bond donors (Lipinski definition) is 1. The molecule has 118 valence electrons. The molecular formula is C12H17BrN2O4S2. The van der Waals surface area contributed by atoms with Crippen LogP contribution in [0.3, 0.4) is 0 Å². The quantitative estimate of drug-likeness (QED) is 0.755. The first-order valence-corrected chi connectivity index (χ1v) is 10.4. The normalized spacial score (nSPS) is 23.1. The molecule has 1 aromatic carbocycles. The van der Waals surface area contributed by atoms with Crippen molar-refractivity contribution in [1.82, 2.24) is 4.31 Å². The lowest BCUT2D eigenvalue weighted by molar-refractivity contribution is 0.356. The van der Waals surface area contributed by atoms with Gasteiger partial charge in [-0.1, -0.05) is 0 Å². The second-order valence-corrected chi connectivity index (χ2v) is 10.2. The maximum absolute atomic E-state index is 12.8. The van der Waals surface area contributed by atoms with Gasteiger partial charge < -0.3 is 5.73 Å². The number of nitrogen functional groups attached to an aromatic ring is 1. The smallest absolute Gasteiger partial charge is 0.243 e. The van der Waals surface area contributed by atoms with E-state index in [0.717, 1.165) is 0 Å². The Bertz CT molecular complexity index is 775. The van der Waals surface area contributed by atoms with Crippen LogP contribution in [-0.2, 0) is 19.9 Å². The number of hydrogen-bond acceptors (Lipinski definition) is 5. The van der Waals surface area contributed by atoms with Gasteiger partial charge in [0.2, 0.25) is 10.0 Å². The van der Waals surface area contributed by atoms with Crippen LogP contribution >= 0.6 is 15.9 Å². The summed E-state index contributed by atoms with van der Waals surface area (Å²) in [5.74, 6) is -0.307. The van der Waals surface area contributed by atoms with Gasteiger partial charge in [-0.05, 0) is 47.5 Å². The van der Waals surface area contributed by atoms with E-state index in [1.54, 1.807) is 19.9 Å². The Kier molecular flexibility index (Phi) is 4.40. The number of benzene rings is 1. The van der Waals surface area contributed by atoms with E-state index in [0.29, 0.717) is 15.7 Å². The third-order valence-corrected chi connectivity index (χ3v) is 8.13. The van der Waals surface area contributed by atoms with Gasteiger partial charge in [-0.2, -0.15) is 4.31 Å². The summed E-state index contributed by atoms with van der Waals surface area (Å²) in [5, 5.41) is 0. The van der Waals surface area contributed by atoms with Crippen LogP contribution in [0, 0.1) is 6.92 Å². The highest BCUT2D eigenvalue weighted by molar-refractivity contribution is 9.10. The summed E-state index contributed by atoms with van der Waals surface area (Å²) in [6.07, 6.45) is 0. The molecule has 0 aromatic heterocycles. The second kappa shape index (κ2) is 5.53. The van der Waals surface area contributed by atoms with E-state index in [1.807, 2.05) is 0 Å². The first-order chi connectivity index (χ1) is 9.54. The number of nitrogens with zero attached hydrogens (tertiary/aromatic N) is 1. The zero-order valence-corrected chi connectivity index (χ0v) is 14.9. The SMILES string of the molecule is Cc1cc(Br)c(N)cc1S(=O)(=O)N1CCS(=O)(=O)CC1C. The van der Waals surface area contributed by atoms with Crippen molar-refractivity contribution in [3.05, 3.63) is 22.2 Å². The Hall–Kier alpha value is -0.640. The fraction of sp³-hybridized carbons (Fsp3) is 0.500. The Morgan fingerprint density at radius 3 is 2.57 bits per heavy atom. The molecule has 1 aromatic rings. The summed E-state index contributed by atoms with van der Waals surface area (Å²) < 4.78 is 50.6. The Morgan fingerprint density at radius 1 is 1.38 bits per heavy atom. The maximum atomic E-state index is 12.8. The van der Waals surface area contributed by atoms with E-state index >= 15 is 0 Å². The van der Waals surface area contributed by atoms with E-state index in [9.17, 15) is 16.8 Å². The van der Waals surface area contributed by atoms with E-state index in [1.165, 1.54) is 10.4 Å². The largest absolute Gasteiger partial charge is 0.398 e. The molecule has 6 nitrogen and oxygen atoms in total. The zero-order valence-electron chi connectivity index (χ0n) is 11.7. The van der Waals surface area contributed by atoms with Gasteiger partial charge in [0.05, 0.1) is 16.4 Å². The van der Waals surface area contributed by atoms with Gasteiger partial charge in [0.15, 0.2) is 9.84 Å². The molecule has 1 aliphatic rings. The third-order valence-electron chi connectivity index (χ3n) is 3.49. The summed E-state index contributed by atoms with van der Waals surface area (Å²) in [6.45, 7) is 3.26. The first-order valence-electron chi connectivity index (χ1n) is 6.32. The van der Waals surface area contributed by atoms with Crippen molar-refractivity contribution in [2.75, 3.05) is 23.8 Å². The number of rotatable bonds is 2. The van der Waals surface area contributed by atoms with E-state index in [4.69, 9.17) is 5.73 Å². The molecule has 1 atom stereocenters. The highest BCUT2D eigenvalue weighted by Crippen LogP contribution is 2.30. The van der Waals surface area contributed by atoms with Crippen LogP contribution in [-0.4, -0.2) is 45.2 Å². The van der Waals surface area contributed by atoms with Crippen LogP contribution in [0.5, 0.6) is 0 Å². The van der Waals surface area contributed by atoms with Crippen molar-refractivity contribution in [3.63, 3.8) is 0 Å². The summed E-state index contributed by atoms with van der Waals surface area (Å²) >= 11 is 3.26. The molecule has 0 aliphatic carbocycles. The molecule has 1 saturated heterocycles. The fourth-order valence-electron chi connectivity index (χ4n) is 2.41. The maximum Gasteiger partial charge on any atom is 0.243 e. The monoisotopic (exact) mass is 396 g/mol. The van der Waals surface area contributed by atoms with Gasteiger partial charge in [-0.25, -0.2) is 16.8 Å². The van der Waals surface area contributed by atoms with E-state index < -0.39 is 25.9 Å². The van der Waals surface area contributed by atoms with Gasteiger partial charge in [0.25, 0.3) is 0 Å². The van der Waals surface area contributed by atoms with Crippen molar-refractivity contribution < 1.29 is 16.8 Å². The van der Waals surface area contributed by atoms with Crippen LogP contribution in [0.2, 0.25) is 0 Å². The van der Waals surface area contributed by atoms with Crippen LogP contribution in [0.4, 0.5) is 5.69 Å². The number of sulfone groups is 1. The number of sulfonamides is 1. The van der Waals surface area contributed by atoms with Crippen molar-refractivity contribution in [1.29, 1.82) is 0 Å². The second-order valence-electron chi connectivity index (χ2n) is 5.22. The molecule has 2 N–H and O–H groups in total. The predicted octanol–water partition coefficient (Wildman–Crippen LogP) is 1.15. The van der Waals surface area contributed by atoms with Crippen LogP contribution in [0.15, 0.2) is 21.5 Å². The zero-order chi connectivity index (χ0) is 16.0. The van der Waals surface area contributed by atoms with Crippen molar-refractivity contribution >= 4 is 41.5 Å². The van der Waals surface area contributed by atoms with Gasteiger partial charge >= 0.3 is 0 Å². The van der Waals surface area contributed by atoms with Crippen molar-refractivity contribution in [2.24, 2.45) is 0 Å². The Balaban J connectivity index is 2.46. The summed E-state index contributed by atoms with van der Waals surface area (Å²) in [4.78, 5) is 0.120. The molecule has 0 spiro atoms. The van der Waals surface area contributed by atoms with Gasteiger partial charge in [0, 0.05) is 22.7 Å². The molecule has 21 heavy (non-hydrogen) atoms. The molecule has 0 amide bonds. The molecule has 1 unspecified atom stereocenters. The summed E-state index contributed by atoms with van der Waals surface area (Å²) in [6, 6.07) is 2.47. The minimum atomic E-state index is -3.76. The summed E-state index contributed by atoms with van der Waals surface area (Å²) in [7, 11) is -6.93. The standard InChI is InChI=1S/C12H17BrN2O4S2/c1-8-5-10(13)11(14)6-12(8)21(18,19)15-3-4-20(16,17)7-9(15)2/h5-6,9H,3-4,7,14H2,1-2H3. The minimum Gasteiger partial charge on any atom is -0.398 e. The number of nitrogens with two attached hydrogens (primary N) is 1. The fourth-order valence-corrected chi connectivity index (χ4v) is 6.51. The van der Waals surface area contributed by atoms with Gasteiger partial charge in [0.1, 0.15) is 0 Å². The lowest BCUT2D eigenvalue weighted by Gasteiger charge is -2.32. The highest BCUT2D eigenvalue weighted by Gasteiger charge is 2.37. The highest BCUT2D eigenvalue weighted by atomic mass is 79.9. The topological polar surface area (TPSA) is 97.5 Å². The molecule has 0 radical (unpaired) electrons. The van der Waals surface area contributed by atoms with Crippen LogP contribution in [0.25, 0.3) is 0 Å². The van der Waals surface area contributed by atoms with Gasteiger partial charge in [-0.3, -0.25) is 0 Å². The molecule has 2 rings (SSSR count). The average Bonchev–Trinajstić information content (AvgIpc) is 2.31. The van der Waals surface area contributed by atoms with Crippen molar-refractivity contribution in [2.45, 2.75) is 24.8 Å². The molecule has 1 heterocycles. The lowest BCUT2D eigenvalue weighted by atomic mass is 10.2. The van der Waals surface area contributed by atoms with E-state index in [-0.39, 0.29) is 22.9 Å². The summed E-state index contributed by atoms with van der Waals surface area (Å²) in [5.41, 5.74) is 6.66. The van der Waals surface area contributed by atoms with Gasteiger partial charge in [-0.15, -0.1) is 0 Å². The molecule has 9 heteroatoms. The Labute approximate surface area is 133 Å². The van der Waals surface area contributed by atoms with Crippen LogP contribution < -0.4 is 5.73 Å². The van der Waals surface area contributed by atoms with Crippen molar-refractivity contribution in [3.8, 4) is 0 Å². The molecule has 1 aliphatic heterocycles. The lowest BCUT2D eigenvalue weighted by Crippen LogP contribution is -2.49. The number of halogens is 1. The molecular weight excluding hydrogens is 380 g/mol. The van der Waals surface area contributed by atoms with E-state index in [2.05, 4.69) is 15.9 Å². The minimum absolute atomic E-state index is 0.0265. The number of anilines is 1. The van der Waals surface area contributed by atoms with Crippen LogP contribution in [0.1, 0.15) is 12.5 Å². The first kappa shape index (κ1) is 16.7. The molecule has 0 bridgehead atoms. The number of aryl methyl sites for hydroxylation is 1. The Morgan fingerprint density at radius 2 is 2.00 bits per heavy atom. The predicted molar refractivity (Wildman–Crippen MR) is 85.3 cm³/mol.